The predicted octanol–water partition coefficient (Wildman–Crippen LogP) is 22.5. The summed E-state index contributed by atoms with van der Waals surface area (Å²) < 4.78 is 0. The Kier molecular flexibility index (Phi) is 105. The summed E-state index contributed by atoms with van der Waals surface area (Å²) in [4.78, 5) is 0. The molecule has 0 atom stereocenters. The summed E-state index contributed by atoms with van der Waals surface area (Å²) in [5, 5.41) is 0. The van der Waals surface area contributed by atoms with Gasteiger partial charge in [0.1, 0.15) is 0 Å². The van der Waals surface area contributed by atoms with Gasteiger partial charge in [-0.15, -0.1) is 0 Å². The molecule has 88 heavy (non-hydrogen) atoms. The first kappa shape index (κ1) is 98.0. The van der Waals surface area contributed by atoms with Crippen LogP contribution in [0.2, 0.25) is 0 Å². The Morgan fingerprint density at radius 2 is 0.102 bits per heavy atom. The van der Waals surface area contributed by atoms with Crippen LogP contribution in [-0.4, -0.2) is 0 Å². The second-order valence-corrected chi connectivity index (χ2v) is 15.4. The SMILES string of the molecule is [Fe+2].[Fe+2].[Fe+2].[Fe+2].[Fe+2].[Fe+2].[Fe+2].[Fe+2].c1cc[cH-]c1.c1cc[cH-]c1.c1cc[cH-]c1.c1cc[cH-]c1.c1cc[cH-]c1.c1cc[cH-]c1.c1cc[cH-]c1.c1cc[cH-]c1.c1cc[cH-]c1.c1cc[cH-]c1.c1cc[cH-]c1.c1cc[cH-]c1.c1cc[cH-]c1.c1cc[cH-]c1.c1cc[cH-]c1.c1cc[cH-]c1. The summed E-state index contributed by atoms with van der Waals surface area (Å²) in [5.41, 5.74) is 0. The molecule has 0 fully saturated rings. The van der Waals surface area contributed by atoms with Gasteiger partial charge in [-0.3, -0.25) is 0 Å². The van der Waals surface area contributed by atoms with E-state index in [2.05, 4.69) is 0 Å². The largest absolute Gasteiger partial charge is 2.00 e. The molecule has 0 bridgehead atoms. The van der Waals surface area contributed by atoms with Crippen molar-refractivity contribution in [3.05, 3.63) is 485 Å². The zero-order chi connectivity index (χ0) is 56.6. The van der Waals surface area contributed by atoms with Gasteiger partial charge in [-0.05, 0) is 0 Å². The molecule has 0 radical (unpaired) electrons. The van der Waals surface area contributed by atoms with Crippen molar-refractivity contribution in [1.82, 2.24) is 0 Å². The molecule has 464 valence electrons. The molecule has 0 aromatic heterocycles. The normalized spacial score (nSPS) is 7.27. The average Bonchev–Trinajstić information content (AvgIpc) is 4.39. The molecule has 0 N–H and O–H groups in total. The molecular formula is C80H80Fe8. The van der Waals surface area contributed by atoms with Crippen molar-refractivity contribution in [2.75, 3.05) is 0 Å². The van der Waals surface area contributed by atoms with E-state index in [1.807, 2.05) is 485 Å². The van der Waals surface area contributed by atoms with Gasteiger partial charge in [-0.1, -0.05) is 0 Å². The van der Waals surface area contributed by atoms with Gasteiger partial charge in [0, 0.05) is 0 Å². The van der Waals surface area contributed by atoms with Crippen LogP contribution in [0.4, 0.5) is 0 Å². The second kappa shape index (κ2) is 94.4. The number of rotatable bonds is 0. The van der Waals surface area contributed by atoms with Crippen molar-refractivity contribution in [2.45, 2.75) is 0 Å². The number of hydrogen-bond donors (Lipinski definition) is 0. The standard InChI is InChI=1S/16C5H5.8Fe/c16*1-2-4-5-3-1;;;;;;;;/h16*1-5H;;;;;;;;/q16*-1;8*+2. The first-order valence-electron chi connectivity index (χ1n) is 26.7. The van der Waals surface area contributed by atoms with E-state index in [0.29, 0.717) is 0 Å². The molecule has 0 aliphatic heterocycles. The van der Waals surface area contributed by atoms with Crippen LogP contribution in [0.25, 0.3) is 0 Å². The van der Waals surface area contributed by atoms with Crippen LogP contribution < -0.4 is 0 Å². The molecule has 0 saturated heterocycles. The van der Waals surface area contributed by atoms with Crippen molar-refractivity contribution < 1.29 is 137 Å². The van der Waals surface area contributed by atoms with Gasteiger partial charge in [0.05, 0.1) is 0 Å². The van der Waals surface area contributed by atoms with Gasteiger partial charge in [0.25, 0.3) is 0 Å². The van der Waals surface area contributed by atoms with E-state index in [4.69, 9.17) is 0 Å². The van der Waals surface area contributed by atoms with Crippen LogP contribution in [0.3, 0.4) is 0 Å². The van der Waals surface area contributed by atoms with Gasteiger partial charge in [-0.25, -0.2) is 194 Å². The summed E-state index contributed by atoms with van der Waals surface area (Å²) in [5.74, 6) is 0. The molecule has 16 aromatic rings. The van der Waals surface area contributed by atoms with E-state index < -0.39 is 0 Å². The molecule has 0 unspecified atom stereocenters. The van der Waals surface area contributed by atoms with Crippen LogP contribution in [0.1, 0.15) is 0 Å². The fourth-order valence-corrected chi connectivity index (χ4v) is 5.13. The Morgan fingerprint density at radius 1 is 0.0682 bits per heavy atom. The first-order valence-corrected chi connectivity index (χ1v) is 26.7. The molecule has 0 aliphatic rings. The Bertz CT molecular complexity index is 1780. The third-order valence-corrected chi connectivity index (χ3v) is 8.89. The van der Waals surface area contributed by atoms with Crippen molar-refractivity contribution in [3.63, 3.8) is 0 Å². The van der Waals surface area contributed by atoms with E-state index in [9.17, 15) is 0 Å². The summed E-state index contributed by atoms with van der Waals surface area (Å²) in [7, 11) is 0. The van der Waals surface area contributed by atoms with Crippen LogP contribution in [0, 0.1) is 0 Å². The summed E-state index contributed by atoms with van der Waals surface area (Å²) in [6, 6.07) is 160. The Hall–Kier alpha value is -6.24. The van der Waals surface area contributed by atoms with Crippen molar-refractivity contribution >= 4 is 0 Å². The summed E-state index contributed by atoms with van der Waals surface area (Å²) in [6.07, 6.45) is 0. The zero-order valence-electron chi connectivity index (χ0n) is 49.0. The van der Waals surface area contributed by atoms with Gasteiger partial charge in [0.15, 0.2) is 0 Å². The topological polar surface area (TPSA) is 0 Å². The molecule has 0 nitrogen and oxygen atoms in total. The van der Waals surface area contributed by atoms with Crippen LogP contribution >= 0.6 is 0 Å². The maximum atomic E-state index is 2.00. The summed E-state index contributed by atoms with van der Waals surface area (Å²) >= 11 is 0. The van der Waals surface area contributed by atoms with Crippen molar-refractivity contribution in [1.29, 1.82) is 0 Å². The van der Waals surface area contributed by atoms with Crippen LogP contribution in [-0.2, 0) is 137 Å². The predicted molar refractivity (Wildman–Crippen MR) is 353 cm³/mol. The minimum Gasteiger partial charge on any atom is -0.214 e. The quantitative estimate of drug-likeness (QED) is 0.105. The van der Waals surface area contributed by atoms with E-state index >= 15 is 0 Å². The van der Waals surface area contributed by atoms with Crippen LogP contribution in [0.15, 0.2) is 485 Å². The van der Waals surface area contributed by atoms with Gasteiger partial charge >= 0.3 is 137 Å². The monoisotopic (exact) mass is 1490 g/mol. The fraction of sp³-hybridized carbons (Fsp3) is 0. The maximum Gasteiger partial charge on any atom is 2.00 e. The number of hydrogen-bond acceptors (Lipinski definition) is 0. The van der Waals surface area contributed by atoms with E-state index in [1.54, 1.807) is 0 Å². The second-order valence-electron chi connectivity index (χ2n) is 15.4. The van der Waals surface area contributed by atoms with Gasteiger partial charge in [-0.2, -0.15) is 291 Å². The van der Waals surface area contributed by atoms with E-state index in [-0.39, 0.29) is 137 Å². The van der Waals surface area contributed by atoms with E-state index in [1.165, 1.54) is 0 Å². The molecule has 0 amide bonds. The molecule has 0 aliphatic carbocycles. The Morgan fingerprint density at radius 3 is 0.114 bits per heavy atom. The molecule has 0 spiro atoms. The fourth-order valence-electron chi connectivity index (χ4n) is 5.13. The van der Waals surface area contributed by atoms with Crippen molar-refractivity contribution in [2.24, 2.45) is 0 Å². The summed E-state index contributed by atoms with van der Waals surface area (Å²) in [6.45, 7) is 0. The molecule has 0 saturated carbocycles. The third kappa shape index (κ3) is 90.9. The van der Waals surface area contributed by atoms with E-state index in [0.717, 1.165) is 0 Å². The van der Waals surface area contributed by atoms with Crippen LogP contribution in [0.5, 0.6) is 0 Å². The zero-order valence-corrected chi connectivity index (χ0v) is 57.8. The molecule has 0 heterocycles. The minimum absolute atomic E-state index is 0. The smallest absolute Gasteiger partial charge is 0.214 e. The molecule has 16 aromatic carbocycles. The Labute approximate surface area is 615 Å². The average molecular weight is 1490 g/mol. The molecule has 8 heteroatoms. The van der Waals surface area contributed by atoms with Gasteiger partial charge in [0.2, 0.25) is 0 Å². The molecule has 16 rings (SSSR count). The van der Waals surface area contributed by atoms with Gasteiger partial charge < -0.3 is 0 Å². The maximum absolute atomic E-state index is 2.00. The Balaban J connectivity index is -0.000000129. The molecular weight excluding hydrogens is 1410 g/mol. The minimum atomic E-state index is 0. The van der Waals surface area contributed by atoms with Crippen molar-refractivity contribution in [3.8, 4) is 0 Å². The third-order valence-electron chi connectivity index (χ3n) is 8.89. The first-order chi connectivity index (χ1) is 40.0.